The van der Waals surface area contributed by atoms with Crippen molar-refractivity contribution in [2.24, 2.45) is 10.9 Å². The Kier molecular flexibility index (Phi) is 6.23. The average Bonchev–Trinajstić information content (AvgIpc) is 3.12. The topological polar surface area (TPSA) is 49.3 Å². The van der Waals surface area contributed by atoms with Gasteiger partial charge in [-0.3, -0.25) is 4.99 Å². The molecule has 1 aromatic carbocycles. The molecule has 1 aliphatic rings. The van der Waals surface area contributed by atoms with Gasteiger partial charge in [-0.25, -0.2) is 4.98 Å². The highest BCUT2D eigenvalue weighted by atomic mass is 32.1. The highest BCUT2D eigenvalue weighted by molar-refractivity contribution is 7.16. The quantitative estimate of drug-likeness (QED) is 0.470. The van der Waals surface area contributed by atoms with Crippen LogP contribution < -0.4 is 10.6 Å². The minimum absolute atomic E-state index is 0.761. The number of aromatic nitrogens is 1. The summed E-state index contributed by atoms with van der Waals surface area (Å²) in [5, 5.41) is 6.81. The lowest BCUT2D eigenvalue weighted by Crippen LogP contribution is -2.39. The van der Waals surface area contributed by atoms with Crippen molar-refractivity contribution < 1.29 is 0 Å². The Balaban J connectivity index is 1.63. The molecule has 0 amide bonds. The van der Waals surface area contributed by atoms with Crippen LogP contribution in [0.25, 0.3) is 16.3 Å². The number of thiazole rings is 1. The maximum Gasteiger partial charge on any atom is 0.195 e. The molecule has 4 nitrogen and oxygen atoms in total. The number of benzene rings is 1. The smallest absolute Gasteiger partial charge is 0.195 e. The molecule has 0 saturated heterocycles. The monoisotopic (exact) mass is 354 g/mol. The van der Waals surface area contributed by atoms with E-state index in [9.17, 15) is 0 Å². The van der Waals surface area contributed by atoms with E-state index in [2.05, 4.69) is 51.5 Å². The number of nitrogens with zero attached hydrogens (tertiary/aromatic N) is 2. The number of rotatable bonds is 5. The van der Waals surface area contributed by atoms with Gasteiger partial charge in [0.05, 0.1) is 15.7 Å². The predicted molar refractivity (Wildman–Crippen MR) is 109 cm³/mol. The molecule has 2 N–H and O–H groups in total. The second-order valence-corrected chi connectivity index (χ2v) is 7.35. The van der Waals surface area contributed by atoms with Gasteiger partial charge >= 0.3 is 0 Å². The summed E-state index contributed by atoms with van der Waals surface area (Å²) in [6, 6.07) is 6.27. The molecular formula is C20H26N4S. The van der Waals surface area contributed by atoms with Crippen LogP contribution in [0.1, 0.15) is 37.7 Å². The number of fused-ring (bicyclic) bond motifs is 1. The number of allylic oxidation sites excluding steroid dienone is 1. The van der Waals surface area contributed by atoms with E-state index in [0.29, 0.717) is 0 Å². The van der Waals surface area contributed by atoms with Crippen molar-refractivity contribution in [2.75, 3.05) is 13.6 Å². The molecule has 0 spiro atoms. The Morgan fingerprint density at radius 3 is 2.96 bits per heavy atom. The number of nitrogens with one attached hydrogen (secondary N) is 2. The van der Waals surface area contributed by atoms with Crippen LogP contribution in [0.4, 0.5) is 0 Å². The normalized spacial score (nSPS) is 16.8. The first kappa shape index (κ1) is 17.7. The van der Waals surface area contributed by atoms with E-state index in [-0.39, 0.29) is 0 Å². The summed E-state index contributed by atoms with van der Waals surface area (Å²) in [6.45, 7) is 4.91. The first-order valence-corrected chi connectivity index (χ1v) is 9.81. The molecule has 1 aliphatic carbocycles. The Hall–Kier alpha value is -2.14. The summed E-state index contributed by atoms with van der Waals surface area (Å²) in [5.74, 6) is 1.56. The van der Waals surface area contributed by atoms with Crippen molar-refractivity contribution in [2.45, 2.75) is 32.1 Å². The van der Waals surface area contributed by atoms with E-state index in [1.54, 1.807) is 18.4 Å². The zero-order chi connectivity index (χ0) is 17.5. The Bertz CT molecular complexity index is 769. The largest absolute Gasteiger partial charge is 0.356 e. The fourth-order valence-electron chi connectivity index (χ4n) is 3.24. The van der Waals surface area contributed by atoms with E-state index in [0.717, 1.165) is 35.2 Å². The van der Waals surface area contributed by atoms with Crippen LogP contribution in [0.5, 0.6) is 0 Å². The lowest BCUT2D eigenvalue weighted by atomic mass is 9.89. The third-order valence-electron chi connectivity index (χ3n) is 4.67. The van der Waals surface area contributed by atoms with Crippen molar-refractivity contribution in [3.8, 4) is 0 Å². The van der Waals surface area contributed by atoms with Gasteiger partial charge in [0.15, 0.2) is 5.96 Å². The van der Waals surface area contributed by atoms with E-state index >= 15 is 0 Å². The van der Waals surface area contributed by atoms with Crippen molar-refractivity contribution in [3.05, 3.63) is 47.6 Å². The molecule has 0 aliphatic heterocycles. The molecule has 0 radical (unpaired) electrons. The van der Waals surface area contributed by atoms with E-state index in [1.165, 1.54) is 36.8 Å². The number of guanidine groups is 1. The first-order chi connectivity index (χ1) is 12.3. The molecule has 0 bridgehead atoms. The van der Waals surface area contributed by atoms with Crippen LogP contribution >= 0.6 is 11.3 Å². The minimum Gasteiger partial charge on any atom is -0.356 e. The summed E-state index contributed by atoms with van der Waals surface area (Å²) in [6.07, 6.45) is 10.7. The molecule has 0 atom stereocenters. The number of hydrogen-bond acceptors (Lipinski definition) is 3. The van der Waals surface area contributed by atoms with Crippen LogP contribution in [0.3, 0.4) is 0 Å². The highest BCUT2D eigenvalue weighted by Gasteiger charge is 2.13. The Morgan fingerprint density at radius 2 is 2.20 bits per heavy atom. The second kappa shape index (κ2) is 8.81. The predicted octanol–water partition coefficient (Wildman–Crippen LogP) is 4.57. The van der Waals surface area contributed by atoms with Gasteiger partial charge in [0.25, 0.3) is 0 Å². The summed E-state index contributed by atoms with van der Waals surface area (Å²) < 4.78 is 1.19. The van der Waals surface area contributed by atoms with Gasteiger partial charge < -0.3 is 10.6 Å². The molecule has 1 saturated carbocycles. The molecule has 3 rings (SSSR count). The Morgan fingerprint density at radius 1 is 1.36 bits per heavy atom. The van der Waals surface area contributed by atoms with Gasteiger partial charge in [-0.2, -0.15) is 0 Å². The molecule has 1 fully saturated rings. The summed E-state index contributed by atoms with van der Waals surface area (Å²) in [5.41, 5.74) is 4.98. The van der Waals surface area contributed by atoms with Gasteiger partial charge in [0.2, 0.25) is 0 Å². The lowest BCUT2D eigenvalue weighted by molar-refractivity contribution is 0.356. The standard InChI is InChI=1S/C20H26N4S/c1-3-17(11-16-9-10-18-19(12-16)25-14-23-18)24-20(21-2)22-13-15-7-5-4-6-8-15/h3,9-12,14-15H,1,4-8,13H2,2H3,(H2,21,22,24)/b17-11-. The zero-order valence-corrected chi connectivity index (χ0v) is 15.6. The fourth-order valence-corrected chi connectivity index (χ4v) is 3.96. The van der Waals surface area contributed by atoms with E-state index < -0.39 is 0 Å². The maximum atomic E-state index is 4.34. The summed E-state index contributed by atoms with van der Waals surface area (Å²) in [4.78, 5) is 8.66. The van der Waals surface area contributed by atoms with Crippen molar-refractivity contribution in [1.29, 1.82) is 0 Å². The molecule has 5 heteroatoms. The average molecular weight is 355 g/mol. The van der Waals surface area contributed by atoms with Crippen LogP contribution in [-0.4, -0.2) is 24.5 Å². The fraction of sp³-hybridized carbons (Fsp3) is 0.400. The van der Waals surface area contributed by atoms with Crippen LogP contribution in [0, 0.1) is 5.92 Å². The molecule has 0 unspecified atom stereocenters. The van der Waals surface area contributed by atoms with Crippen molar-refractivity contribution >= 4 is 33.6 Å². The van der Waals surface area contributed by atoms with Crippen molar-refractivity contribution in [1.82, 2.24) is 15.6 Å². The van der Waals surface area contributed by atoms with Crippen LogP contribution in [-0.2, 0) is 0 Å². The SMILES string of the molecule is C=C/C(=C/c1ccc2ncsc2c1)NC(=NC)NCC1CCCCC1. The van der Waals surface area contributed by atoms with Gasteiger partial charge in [-0.05, 0) is 48.6 Å². The van der Waals surface area contributed by atoms with Gasteiger partial charge in [0, 0.05) is 19.3 Å². The minimum atomic E-state index is 0.761. The van der Waals surface area contributed by atoms with Crippen LogP contribution in [0.2, 0.25) is 0 Å². The zero-order valence-electron chi connectivity index (χ0n) is 14.8. The number of aliphatic imine (C=N–C) groups is 1. The molecule has 25 heavy (non-hydrogen) atoms. The molecule has 2 aromatic rings. The lowest BCUT2D eigenvalue weighted by Gasteiger charge is -2.23. The summed E-state index contributed by atoms with van der Waals surface area (Å²) >= 11 is 1.66. The molecule has 132 valence electrons. The van der Waals surface area contributed by atoms with Gasteiger partial charge in [-0.1, -0.05) is 31.9 Å². The maximum absolute atomic E-state index is 4.34. The molecule has 1 heterocycles. The van der Waals surface area contributed by atoms with Gasteiger partial charge in [0.1, 0.15) is 0 Å². The molecular weight excluding hydrogens is 328 g/mol. The molecule has 1 aromatic heterocycles. The third kappa shape index (κ3) is 4.92. The number of hydrogen-bond donors (Lipinski definition) is 2. The Labute approximate surface area is 153 Å². The second-order valence-electron chi connectivity index (χ2n) is 6.47. The summed E-state index contributed by atoms with van der Waals surface area (Å²) in [7, 11) is 1.81. The van der Waals surface area contributed by atoms with E-state index in [1.807, 2.05) is 11.6 Å². The first-order valence-electron chi connectivity index (χ1n) is 8.93. The van der Waals surface area contributed by atoms with Crippen molar-refractivity contribution in [3.63, 3.8) is 0 Å². The third-order valence-corrected chi connectivity index (χ3v) is 5.46. The highest BCUT2D eigenvalue weighted by Crippen LogP contribution is 2.23. The van der Waals surface area contributed by atoms with E-state index in [4.69, 9.17) is 0 Å². The van der Waals surface area contributed by atoms with Crippen LogP contribution in [0.15, 0.2) is 47.1 Å². The van der Waals surface area contributed by atoms with Gasteiger partial charge in [-0.15, -0.1) is 11.3 Å².